The zero-order chi connectivity index (χ0) is 18.8. The van der Waals surface area contributed by atoms with Gasteiger partial charge in [-0.2, -0.15) is 0 Å². The maximum atomic E-state index is 6.14. The lowest BCUT2D eigenvalue weighted by Gasteiger charge is -2.17. The van der Waals surface area contributed by atoms with Crippen LogP contribution in [-0.2, 0) is 6.54 Å². The molecule has 0 radical (unpaired) electrons. The van der Waals surface area contributed by atoms with Crippen LogP contribution in [0.25, 0.3) is 11.0 Å². The molecule has 1 heterocycles. The molecule has 27 heavy (non-hydrogen) atoms. The van der Waals surface area contributed by atoms with E-state index in [2.05, 4.69) is 38.7 Å². The number of benzene rings is 3. The van der Waals surface area contributed by atoms with Crippen LogP contribution in [0.5, 0.6) is 5.75 Å². The van der Waals surface area contributed by atoms with E-state index in [9.17, 15) is 0 Å². The molecule has 4 rings (SSSR count). The molecule has 3 nitrogen and oxygen atoms in total. The monoisotopic (exact) mass is 440 g/mol. The van der Waals surface area contributed by atoms with Crippen LogP contribution in [-0.4, -0.2) is 9.55 Å². The summed E-state index contributed by atoms with van der Waals surface area (Å²) in [6.45, 7) is 2.75. The van der Waals surface area contributed by atoms with Gasteiger partial charge in [0, 0.05) is 16.0 Å². The molecule has 3 aromatic carbocycles. The Bertz CT molecular complexity index is 1080. The van der Waals surface area contributed by atoms with E-state index in [1.165, 1.54) is 5.56 Å². The van der Waals surface area contributed by atoms with Crippen molar-refractivity contribution in [2.45, 2.75) is 19.6 Å². The van der Waals surface area contributed by atoms with E-state index in [-0.39, 0.29) is 6.10 Å². The smallest absolute Gasteiger partial charge is 0.153 e. The van der Waals surface area contributed by atoms with Crippen LogP contribution < -0.4 is 4.74 Å². The largest absolute Gasteiger partial charge is 0.483 e. The summed E-state index contributed by atoms with van der Waals surface area (Å²) in [6.07, 6.45) is -0.203. The van der Waals surface area contributed by atoms with E-state index in [0.29, 0.717) is 5.02 Å². The fourth-order valence-electron chi connectivity index (χ4n) is 3.16. The molecule has 4 aromatic rings. The second-order valence-electron chi connectivity index (χ2n) is 6.39. The minimum Gasteiger partial charge on any atom is -0.483 e. The number of fused-ring (bicyclic) bond motifs is 1. The van der Waals surface area contributed by atoms with Crippen molar-refractivity contribution in [3.05, 3.63) is 93.7 Å². The van der Waals surface area contributed by atoms with Crippen LogP contribution in [0.2, 0.25) is 5.02 Å². The van der Waals surface area contributed by atoms with Gasteiger partial charge in [-0.05, 0) is 61.0 Å². The maximum Gasteiger partial charge on any atom is 0.153 e. The van der Waals surface area contributed by atoms with Crippen molar-refractivity contribution in [1.82, 2.24) is 9.55 Å². The summed E-state index contributed by atoms with van der Waals surface area (Å²) in [7, 11) is 0. The average Bonchev–Trinajstić information content (AvgIpc) is 3.02. The van der Waals surface area contributed by atoms with Gasteiger partial charge >= 0.3 is 0 Å². The van der Waals surface area contributed by atoms with E-state index in [0.717, 1.165) is 33.6 Å². The molecule has 0 fully saturated rings. The Balaban J connectivity index is 1.71. The number of para-hydroxylation sites is 2. The minimum absolute atomic E-state index is 0.203. The van der Waals surface area contributed by atoms with Gasteiger partial charge in [0.2, 0.25) is 0 Å². The van der Waals surface area contributed by atoms with Gasteiger partial charge in [-0.25, -0.2) is 4.98 Å². The lowest BCUT2D eigenvalue weighted by Crippen LogP contribution is -2.12. The highest BCUT2D eigenvalue weighted by Crippen LogP contribution is 2.27. The van der Waals surface area contributed by atoms with Gasteiger partial charge in [0.05, 0.1) is 11.0 Å². The molecule has 0 aliphatic heterocycles. The molecule has 1 unspecified atom stereocenters. The molecule has 0 N–H and O–H groups in total. The van der Waals surface area contributed by atoms with Gasteiger partial charge in [-0.15, -0.1) is 0 Å². The first-order valence-corrected chi connectivity index (χ1v) is 9.89. The summed E-state index contributed by atoms with van der Waals surface area (Å²) in [6, 6.07) is 23.9. The Hall–Kier alpha value is -2.30. The summed E-state index contributed by atoms with van der Waals surface area (Å²) in [4.78, 5) is 4.85. The van der Waals surface area contributed by atoms with Crippen LogP contribution >= 0.6 is 27.5 Å². The number of nitrogens with zero attached hydrogens (tertiary/aromatic N) is 2. The second kappa shape index (κ2) is 7.75. The van der Waals surface area contributed by atoms with Gasteiger partial charge < -0.3 is 9.30 Å². The predicted molar refractivity (Wildman–Crippen MR) is 113 cm³/mol. The van der Waals surface area contributed by atoms with Crippen molar-refractivity contribution in [1.29, 1.82) is 0 Å². The zero-order valence-electron chi connectivity index (χ0n) is 14.8. The molecular weight excluding hydrogens is 424 g/mol. The van der Waals surface area contributed by atoms with E-state index < -0.39 is 0 Å². The summed E-state index contributed by atoms with van der Waals surface area (Å²) in [5.74, 6) is 1.67. The van der Waals surface area contributed by atoms with Gasteiger partial charge in [-0.3, -0.25) is 0 Å². The summed E-state index contributed by atoms with van der Waals surface area (Å²) in [5.41, 5.74) is 3.26. The molecule has 0 amide bonds. The number of ether oxygens (including phenoxy) is 1. The molecule has 1 aromatic heterocycles. The number of aromatic nitrogens is 2. The van der Waals surface area contributed by atoms with E-state index in [1.54, 1.807) is 0 Å². The number of imidazole rings is 1. The first-order valence-electron chi connectivity index (χ1n) is 8.72. The highest BCUT2D eigenvalue weighted by atomic mass is 79.9. The lowest BCUT2D eigenvalue weighted by molar-refractivity contribution is 0.212. The second-order valence-corrected chi connectivity index (χ2v) is 7.74. The molecule has 136 valence electrons. The highest BCUT2D eigenvalue weighted by molar-refractivity contribution is 9.10. The first-order chi connectivity index (χ1) is 13.1. The maximum absolute atomic E-state index is 6.14. The standard InChI is InChI=1S/C22H18BrClN2O/c1-15(27-19-11-9-18(24)10-12-19)22-25-20-7-2-3-8-21(20)26(22)14-16-5-4-6-17(23)13-16/h2-13,15H,14H2,1H3. The third-order valence-corrected chi connectivity index (χ3v) is 5.15. The van der Waals surface area contributed by atoms with Crippen molar-refractivity contribution in [2.24, 2.45) is 0 Å². The number of rotatable bonds is 5. The van der Waals surface area contributed by atoms with Gasteiger partial charge in [0.15, 0.2) is 11.9 Å². The summed E-state index contributed by atoms with van der Waals surface area (Å²) < 4.78 is 9.42. The Kier molecular flexibility index (Phi) is 5.19. The Morgan fingerprint density at radius 2 is 1.81 bits per heavy atom. The van der Waals surface area contributed by atoms with E-state index in [1.807, 2.05) is 61.5 Å². The van der Waals surface area contributed by atoms with Crippen LogP contribution in [0, 0.1) is 0 Å². The van der Waals surface area contributed by atoms with Crippen molar-refractivity contribution in [3.8, 4) is 5.75 Å². The molecule has 5 heteroatoms. The average molecular weight is 442 g/mol. The van der Waals surface area contributed by atoms with Gasteiger partial charge in [0.25, 0.3) is 0 Å². The van der Waals surface area contributed by atoms with Gasteiger partial charge in [-0.1, -0.05) is 51.8 Å². The van der Waals surface area contributed by atoms with Gasteiger partial charge in [0.1, 0.15) is 5.75 Å². The highest BCUT2D eigenvalue weighted by Gasteiger charge is 2.18. The molecule has 0 bridgehead atoms. The quantitative estimate of drug-likeness (QED) is 0.347. The van der Waals surface area contributed by atoms with Crippen molar-refractivity contribution in [2.75, 3.05) is 0 Å². The molecule has 1 atom stereocenters. The fourth-order valence-corrected chi connectivity index (χ4v) is 3.73. The molecule has 0 saturated carbocycles. The Morgan fingerprint density at radius 1 is 1.04 bits per heavy atom. The number of hydrogen-bond acceptors (Lipinski definition) is 2. The Morgan fingerprint density at radius 3 is 2.59 bits per heavy atom. The molecule has 0 spiro atoms. The predicted octanol–water partition coefficient (Wildman–Crippen LogP) is 6.64. The number of hydrogen-bond donors (Lipinski definition) is 0. The fraction of sp³-hybridized carbons (Fsp3) is 0.136. The normalized spacial score (nSPS) is 12.3. The van der Waals surface area contributed by atoms with Crippen LogP contribution in [0.4, 0.5) is 0 Å². The minimum atomic E-state index is -0.203. The summed E-state index contributed by atoms with van der Waals surface area (Å²) in [5, 5.41) is 0.692. The van der Waals surface area contributed by atoms with E-state index >= 15 is 0 Å². The lowest BCUT2D eigenvalue weighted by atomic mass is 10.2. The molecular formula is C22H18BrClN2O. The first kappa shape index (κ1) is 18.1. The Labute approximate surface area is 171 Å². The van der Waals surface area contributed by atoms with Crippen molar-refractivity contribution in [3.63, 3.8) is 0 Å². The van der Waals surface area contributed by atoms with Crippen molar-refractivity contribution >= 4 is 38.6 Å². The van der Waals surface area contributed by atoms with Crippen LogP contribution in [0.1, 0.15) is 24.4 Å². The van der Waals surface area contributed by atoms with Crippen LogP contribution in [0.3, 0.4) is 0 Å². The molecule has 0 saturated heterocycles. The van der Waals surface area contributed by atoms with E-state index in [4.69, 9.17) is 21.3 Å². The third kappa shape index (κ3) is 4.02. The topological polar surface area (TPSA) is 27.1 Å². The molecule has 0 aliphatic rings. The third-order valence-electron chi connectivity index (χ3n) is 4.40. The summed E-state index contributed by atoms with van der Waals surface area (Å²) >= 11 is 9.52. The zero-order valence-corrected chi connectivity index (χ0v) is 17.1. The van der Waals surface area contributed by atoms with Crippen molar-refractivity contribution < 1.29 is 4.74 Å². The molecule has 0 aliphatic carbocycles. The SMILES string of the molecule is CC(Oc1ccc(Cl)cc1)c1nc2ccccc2n1Cc1cccc(Br)c1. The van der Waals surface area contributed by atoms with Crippen LogP contribution in [0.15, 0.2) is 77.3 Å². The number of halogens is 2.